The molecule has 98 valence electrons. The average Bonchev–Trinajstić information content (AvgIpc) is 2.74. The van der Waals surface area contributed by atoms with E-state index in [0.717, 1.165) is 18.5 Å². The van der Waals surface area contributed by atoms with Crippen LogP contribution in [0.5, 0.6) is 0 Å². The predicted molar refractivity (Wildman–Crippen MR) is 73.6 cm³/mol. The van der Waals surface area contributed by atoms with Crippen molar-refractivity contribution in [1.82, 2.24) is 4.90 Å². The molecule has 0 aliphatic carbocycles. The van der Waals surface area contributed by atoms with Crippen LogP contribution in [0.2, 0.25) is 0 Å². The van der Waals surface area contributed by atoms with Crippen LogP contribution >= 0.6 is 0 Å². The molecule has 1 aromatic rings. The molecule has 1 heterocycles. The van der Waals surface area contributed by atoms with E-state index >= 15 is 0 Å². The smallest absolute Gasteiger partial charge is 0.253 e. The van der Waals surface area contributed by atoms with Crippen LogP contribution < -0.4 is 5.73 Å². The largest absolute Gasteiger partial charge is 0.337 e. The lowest BCUT2D eigenvalue weighted by atomic mass is 9.86. The van der Waals surface area contributed by atoms with Crippen LogP contribution in [0.15, 0.2) is 24.3 Å². The summed E-state index contributed by atoms with van der Waals surface area (Å²) in [5, 5.41) is 0. The van der Waals surface area contributed by atoms with Crippen LogP contribution in [0.25, 0.3) is 0 Å². The number of nitrogens with two attached hydrogens (primary N) is 1. The third-order valence-corrected chi connectivity index (χ3v) is 3.51. The molecule has 1 saturated heterocycles. The number of rotatable bonds is 1. The molecule has 0 aromatic heterocycles. The summed E-state index contributed by atoms with van der Waals surface area (Å²) in [6, 6.07) is 8.08. The van der Waals surface area contributed by atoms with E-state index in [-0.39, 0.29) is 17.4 Å². The lowest BCUT2D eigenvalue weighted by Gasteiger charge is -2.20. The van der Waals surface area contributed by atoms with Gasteiger partial charge < -0.3 is 10.6 Å². The minimum absolute atomic E-state index is 0.100. The van der Waals surface area contributed by atoms with Gasteiger partial charge in [-0.2, -0.15) is 0 Å². The number of amides is 1. The summed E-state index contributed by atoms with van der Waals surface area (Å²) < 4.78 is 0. The van der Waals surface area contributed by atoms with Crippen molar-refractivity contribution >= 4 is 5.91 Å². The lowest BCUT2D eigenvalue weighted by molar-refractivity contribution is 0.0791. The van der Waals surface area contributed by atoms with Crippen molar-refractivity contribution in [3.8, 4) is 0 Å². The van der Waals surface area contributed by atoms with Crippen LogP contribution in [-0.2, 0) is 5.41 Å². The zero-order chi connectivity index (χ0) is 13.3. The van der Waals surface area contributed by atoms with Crippen molar-refractivity contribution in [3.05, 3.63) is 35.4 Å². The van der Waals surface area contributed by atoms with E-state index < -0.39 is 0 Å². The Bertz CT molecular complexity index is 431. The van der Waals surface area contributed by atoms with E-state index in [1.165, 1.54) is 5.56 Å². The highest BCUT2D eigenvalue weighted by Crippen LogP contribution is 2.23. The van der Waals surface area contributed by atoms with Crippen LogP contribution in [0.4, 0.5) is 0 Å². The molecule has 1 atom stereocenters. The van der Waals surface area contributed by atoms with Gasteiger partial charge in [-0.3, -0.25) is 4.79 Å². The molecule has 1 amide bonds. The minimum atomic E-state index is 0.100. The zero-order valence-electron chi connectivity index (χ0n) is 11.4. The van der Waals surface area contributed by atoms with Gasteiger partial charge in [-0.05, 0) is 29.5 Å². The number of nitrogens with zero attached hydrogens (tertiary/aromatic N) is 1. The van der Waals surface area contributed by atoms with Crippen molar-refractivity contribution in [3.63, 3.8) is 0 Å². The van der Waals surface area contributed by atoms with Gasteiger partial charge >= 0.3 is 0 Å². The SMILES string of the molecule is CC(C)(C)c1ccc(C(=O)N2CC[C@H](N)C2)cc1. The quantitative estimate of drug-likeness (QED) is 0.825. The Morgan fingerprint density at radius 1 is 1.28 bits per heavy atom. The maximum absolute atomic E-state index is 12.2. The highest BCUT2D eigenvalue weighted by molar-refractivity contribution is 5.94. The summed E-state index contributed by atoms with van der Waals surface area (Å²) in [6.07, 6.45) is 0.909. The van der Waals surface area contributed by atoms with Crippen LogP contribution in [0.3, 0.4) is 0 Å². The Balaban J connectivity index is 2.12. The van der Waals surface area contributed by atoms with Crippen LogP contribution in [0, 0.1) is 0 Å². The van der Waals surface area contributed by atoms with E-state index in [1.807, 2.05) is 29.2 Å². The maximum atomic E-state index is 12.2. The average molecular weight is 246 g/mol. The van der Waals surface area contributed by atoms with E-state index in [2.05, 4.69) is 20.8 Å². The number of carbonyl (C=O) groups excluding carboxylic acids is 1. The monoisotopic (exact) mass is 246 g/mol. The second kappa shape index (κ2) is 4.73. The zero-order valence-corrected chi connectivity index (χ0v) is 11.4. The third kappa shape index (κ3) is 2.72. The molecule has 3 heteroatoms. The van der Waals surface area contributed by atoms with Crippen molar-refractivity contribution < 1.29 is 4.79 Å². The van der Waals surface area contributed by atoms with Crippen LogP contribution in [0.1, 0.15) is 43.1 Å². The molecule has 0 radical (unpaired) electrons. The number of hydrogen-bond donors (Lipinski definition) is 1. The summed E-state index contributed by atoms with van der Waals surface area (Å²) in [4.78, 5) is 14.1. The van der Waals surface area contributed by atoms with Gasteiger partial charge in [0.15, 0.2) is 0 Å². The Hall–Kier alpha value is -1.35. The summed E-state index contributed by atoms with van der Waals surface area (Å²) in [6.45, 7) is 7.97. The molecule has 1 aliphatic rings. The topological polar surface area (TPSA) is 46.3 Å². The predicted octanol–water partition coefficient (Wildman–Crippen LogP) is 2.16. The number of hydrogen-bond acceptors (Lipinski definition) is 2. The van der Waals surface area contributed by atoms with Crippen molar-refractivity contribution in [2.75, 3.05) is 13.1 Å². The maximum Gasteiger partial charge on any atom is 0.253 e. The standard InChI is InChI=1S/C15H22N2O/c1-15(2,3)12-6-4-11(5-7-12)14(18)17-9-8-13(16)10-17/h4-7,13H,8-10,16H2,1-3H3/t13-/m0/s1. The molecule has 1 aliphatic heterocycles. The third-order valence-electron chi connectivity index (χ3n) is 3.51. The molecule has 2 rings (SSSR count). The molecule has 1 aromatic carbocycles. The van der Waals surface area contributed by atoms with Gasteiger partial charge in [-0.25, -0.2) is 0 Å². The number of likely N-dealkylation sites (tertiary alicyclic amines) is 1. The summed E-state index contributed by atoms with van der Waals surface area (Å²) in [5.41, 5.74) is 7.96. The van der Waals surface area contributed by atoms with E-state index in [4.69, 9.17) is 5.73 Å². The molecule has 0 spiro atoms. The van der Waals surface area contributed by atoms with E-state index in [0.29, 0.717) is 6.54 Å². The van der Waals surface area contributed by atoms with Gasteiger partial charge in [-0.1, -0.05) is 32.9 Å². The molecule has 0 unspecified atom stereocenters. The van der Waals surface area contributed by atoms with Crippen LogP contribution in [-0.4, -0.2) is 29.9 Å². The van der Waals surface area contributed by atoms with Gasteiger partial charge in [0, 0.05) is 24.7 Å². The van der Waals surface area contributed by atoms with Crippen molar-refractivity contribution in [1.29, 1.82) is 0 Å². The summed E-state index contributed by atoms with van der Waals surface area (Å²) in [5.74, 6) is 0.100. The number of benzene rings is 1. The highest BCUT2D eigenvalue weighted by Gasteiger charge is 2.24. The molecule has 0 saturated carbocycles. The molecule has 3 nitrogen and oxygen atoms in total. The second-order valence-corrected chi connectivity index (χ2v) is 6.13. The Morgan fingerprint density at radius 3 is 2.33 bits per heavy atom. The lowest BCUT2D eigenvalue weighted by Crippen LogP contribution is -2.31. The summed E-state index contributed by atoms with van der Waals surface area (Å²) >= 11 is 0. The Morgan fingerprint density at radius 2 is 1.89 bits per heavy atom. The minimum Gasteiger partial charge on any atom is -0.337 e. The van der Waals surface area contributed by atoms with Gasteiger partial charge in [-0.15, -0.1) is 0 Å². The molecule has 2 N–H and O–H groups in total. The first-order valence-electron chi connectivity index (χ1n) is 6.53. The molecular weight excluding hydrogens is 224 g/mol. The van der Waals surface area contributed by atoms with Crippen molar-refractivity contribution in [2.45, 2.75) is 38.6 Å². The first-order valence-corrected chi connectivity index (χ1v) is 6.53. The summed E-state index contributed by atoms with van der Waals surface area (Å²) in [7, 11) is 0. The van der Waals surface area contributed by atoms with Gasteiger partial charge in [0.1, 0.15) is 0 Å². The van der Waals surface area contributed by atoms with E-state index in [1.54, 1.807) is 0 Å². The first kappa shape index (κ1) is 13.1. The van der Waals surface area contributed by atoms with Crippen molar-refractivity contribution in [2.24, 2.45) is 5.73 Å². The molecule has 1 fully saturated rings. The first-order chi connectivity index (χ1) is 8.38. The van der Waals surface area contributed by atoms with Gasteiger partial charge in [0.05, 0.1) is 0 Å². The van der Waals surface area contributed by atoms with Gasteiger partial charge in [0.2, 0.25) is 0 Å². The fourth-order valence-electron chi connectivity index (χ4n) is 2.27. The number of carbonyl (C=O) groups is 1. The molecular formula is C15H22N2O. The molecule has 18 heavy (non-hydrogen) atoms. The Labute approximate surface area is 109 Å². The Kier molecular flexibility index (Phi) is 3.44. The van der Waals surface area contributed by atoms with E-state index in [9.17, 15) is 4.79 Å². The second-order valence-electron chi connectivity index (χ2n) is 6.13. The normalized spacial score (nSPS) is 20.2. The highest BCUT2D eigenvalue weighted by atomic mass is 16.2. The molecule has 0 bridgehead atoms. The fraction of sp³-hybridized carbons (Fsp3) is 0.533. The fourth-order valence-corrected chi connectivity index (χ4v) is 2.27. The van der Waals surface area contributed by atoms with Gasteiger partial charge in [0.25, 0.3) is 5.91 Å².